The molecular formula is C9H17F3N2O. The summed E-state index contributed by atoms with van der Waals surface area (Å²) < 4.78 is 35.9. The summed E-state index contributed by atoms with van der Waals surface area (Å²) >= 11 is 0. The summed E-state index contributed by atoms with van der Waals surface area (Å²) in [5.41, 5.74) is 5.53. The smallest absolute Gasteiger partial charge is 0.335 e. The molecule has 6 heteroatoms. The van der Waals surface area contributed by atoms with Gasteiger partial charge in [0.05, 0.1) is 6.04 Å². The Kier molecular flexibility index (Phi) is 5.07. The Bertz CT molecular complexity index is 218. The molecule has 0 saturated carbocycles. The maximum absolute atomic E-state index is 12.0. The van der Waals surface area contributed by atoms with Gasteiger partial charge in [0.25, 0.3) is 0 Å². The zero-order valence-corrected chi connectivity index (χ0v) is 9.14. The van der Waals surface area contributed by atoms with Crippen molar-refractivity contribution < 1.29 is 18.0 Å². The lowest BCUT2D eigenvalue weighted by Crippen LogP contribution is -2.48. The summed E-state index contributed by atoms with van der Waals surface area (Å²) in [6.45, 7) is 2.32. The Morgan fingerprint density at radius 3 is 2.27 bits per heavy atom. The second-order valence-electron chi connectivity index (χ2n) is 3.72. The zero-order chi connectivity index (χ0) is 12.2. The topological polar surface area (TPSA) is 46.3 Å². The van der Waals surface area contributed by atoms with Crippen LogP contribution in [0.25, 0.3) is 0 Å². The van der Waals surface area contributed by atoms with Crippen molar-refractivity contribution >= 4 is 5.91 Å². The molecule has 2 N–H and O–H groups in total. The maximum atomic E-state index is 12.0. The molecule has 1 amide bonds. The van der Waals surface area contributed by atoms with Crippen molar-refractivity contribution in [3.63, 3.8) is 0 Å². The van der Waals surface area contributed by atoms with Crippen LogP contribution in [0.4, 0.5) is 13.2 Å². The predicted molar refractivity (Wildman–Crippen MR) is 51.1 cm³/mol. The van der Waals surface area contributed by atoms with E-state index in [9.17, 15) is 18.0 Å². The van der Waals surface area contributed by atoms with E-state index in [1.807, 2.05) is 6.92 Å². The third kappa shape index (κ3) is 5.01. The van der Waals surface area contributed by atoms with E-state index in [4.69, 9.17) is 5.73 Å². The van der Waals surface area contributed by atoms with E-state index < -0.39 is 24.7 Å². The van der Waals surface area contributed by atoms with Gasteiger partial charge in [-0.15, -0.1) is 0 Å². The van der Waals surface area contributed by atoms with Crippen LogP contribution in [-0.4, -0.2) is 36.6 Å². The predicted octanol–water partition coefficient (Wildman–Crippen LogP) is 1.38. The molecule has 0 bridgehead atoms. The average molecular weight is 226 g/mol. The van der Waals surface area contributed by atoms with Crippen LogP contribution in [0.5, 0.6) is 0 Å². The second-order valence-corrected chi connectivity index (χ2v) is 3.72. The van der Waals surface area contributed by atoms with Crippen molar-refractivity contribution in [2.45, 2.75) is 32.5 Å². The molecule has 0 radical (unpaired) electrons. The van der Waals surface area contributed by atoms with Crippen molar-refractivity contribution in [2.75, 3.05) is 13.6 Å². The number of carbonyl (C=O) groups excluding carboxylic acids is 1. The van der Waals surface area contributed by atoms with Crippen LogP contribution in [0, 0.1) is 5.92 Å². The molecule has 90 valence electrons. The fraction of sp³-hybridized carbons (Fsp3) is 0.889. The number of carbonyl (C=O) groups is 1. The summed E-state index contributed by atoms with van der Waals surface area (Å²) in [4.78, 5) is 12.0. The van der Waals surface area contributed by atoms with E-state index in [1.165, 1.54) is 0 Å². The lowest BCUT2D eigenvalue weighted by Gasteiger charge is -2.25. The molecule has 0 aromatic rings. The Morgan fingerprint density at radius 2 is 1.93 bits per heavy atom. The summed E-state index contributed by atoms with van der Waals surface area (Å²) in [6.07, 6.45) is -3.72. The molecule has 2 unspecified atom stereocenters. The maximum Gasteiger partial charge on any atom is 0.406 e. The van der Waals surface area contributed by atoms with E-state index in [0.29, 0.717) is 11.3 Å². The van der Waals surface area contributed by atoms with Crippen LogP contribution in [0.1, 0.15) is 20.3 Å². The number of hydrogen-bond acceptors (Lipinski definition) is 2. The van der Waals surface area contributed by atoms with E-state index in [2.05, 4.69) is 0 Å². The molecule has 0 saturated heterocycles. The van der Waals surface area contributed by atoms with Crippen molar-refractivity contribution in [1.29, 1.82) is 0 Å². The molecular weight excluding hydrogens is 209 g/mol. The Hall–Kier alpha value is -0.780. The van der Waals surface area contributed by atoms with Gasteiger partial charge in [0, 0.05) is 7.05 Å². The van der Waals surface area contributed by atoms with Crippen molar-refractivity contribution in [2.24, 2.45) is 11.7 Å². The van der Waals surface area contributed by atoms with E-state index in [1.54, 1.807) is 6.92 Å². The first-order valence-corrected chi connectivity index (χ1v) is 4.76. The second kappa shape index (κ2) is 5.34. The fourth-order valence-corrected chi connectivity index (χ4v) is 1.10. The summed E-state index contributed by atoms with van der Waals surface area (Å²) in [6, 6.07) is -0.859. The van der Waals surface area contributed by atoms with Gasteiger partial charge in [-0.25, -0.2) is 0 Å². The molecule has 3 nitrogen and oxygen atoms in total. The van der Waals surface area contributed by atoms with Gasteiger partial charge in [0.2, 0.25) is 5.91 Å². The van der Waals surface area contributed by atoms with Crippen molar-refractivity contribution in [1.82, 2.24) is 4.90 Å². The quantitative estimate of drug-likeness (QED) is 0.787. The molecule has 0 aliphatic rings. The van der Waals surface area contributed by atoms with Gasteiger partial charge in [-0.1, -0.05) is 20.3 Å². The summed E-state index contributed by atoms with van der Waals surface area (Å²) in [5, 5.41) is 0. The Balaban J connectivity index is 4.32. The standard InChI is InChI=1S/C9H17F3N2O/c1-4-6(2)7(13)8(15)14(3)5-9(10,11)12/h6-7H,4-5,13H2,1-3H3. The lowest BCUT2D eigenvalue weighted by atomic mass is 9.99. The van der Waals surface area contributed by atoms with Gasteiger partial charge in [0.1, 0.15) is 6.54 Å². The molecule has 0 heterocycles. The minimum Gasteiger partial charge on any atom is -0.335 e. The lowest BCUT2D eigenvalue weighted by molar-refractivity contribution is -0.159. The zero-order valence-electron chi connectivity index (χ0n) is 9.14. The molecule has 2 atom stereocenters. The fourth-order valence-electron chi connectivity index (χ4n) is 1.10. The molecule has 0 aromatic heterocycles. The van der Waals surface area contributed by atoms with Crippen LogP contribution < -0.4 is 5.73 Å². The SMILES string of the molecule is CCC(C)C(N)C(=O)N(C)CC(F)(F)F. The third-order valence-electron chi connectivity index (χ3n) is 2.33. The number of hydrogen-bond donors (Lipinski definition) is 1. The minimum absolute atomic E-state index is 0.117. The van der Waals surface area contributed by atoms with Crippen LogP contribution in [0.2, 0.25) is 0 Å². The largest absolute Gasteiger partial charge is 0.406 e. The highest BCUT2D eigenvalue weighted by molar-refractivity contribution is 5.81. The number of nitrogens with two attached hydrogens (primary N) is 1. The molecule has 15 heavy (non-hydrogen) atoms. The Labute approximate surface area is 87.4 Å². The highest BCUT2D eigenvalue weighted by Gasteiger charge is 2.33. The van der Waals surface area contributed by atoms with Crippen LogP contribution in [0.3, 0.4) is 0 Å². The first-order chi connectivity index (χ1) is 6.69. The molecule has 0 fully saturated rings. The highest BCUT2D eigenvalue weighted by atomic mass is 19.4. The molecule has 0 spiro atoms. The van der Waals surface area contributed by atoms with Crippen molar-refractivity contribution in [3.05, 3.63) is 0 Å². The average Bonchev–Trinajstić information content (AvgIpc) is 2.11. The normalized spacial score (nSPS) is 15.9. The monoisotopic (exact) mass is 226 g/mol. The molecule has 0 aromatic carbocycles. The van der Waals surface area contributed by atoms with E-state index in [-0.39, 0.29) is 5.92 Å². The van der Waals surface area contributed by atoms with Gasteiger partial charge in [0.15, 0.2) is 0 Å². The highest BCUT2D eigenvalue weighted by Crippen LogP contribution is 2.17. The van der Waals surface area contributed by atoms with Gasteiger partial charge >= 0.3 is 6.18 Å². The number of amides is 1. The van der Waals surface area contributed by atoms with E-state index in [0.717, 1.165) is 7.05 Å². The van der Waals surface area contributed by atoms with Crippen LogP contribution in [-0.2, 0) is 4.79 Å². The summed E-state index contributed by atoms with van der Waals surface area (Å²) in [7, 11) is 1.11. The van der Waals surface area contributed by atoms with E-state index >= 15 is 0 Å². The van der Waals surface area contributed by atoms with Crippen molar-refractivity contribution in [3.8, 4) is 0 Å². The molecule has 0 aliphatic heterocycles. The first kappa shape index (κ1) is 14.2. The number of alkyl halides is 3. The van der Waals surface area contributed by atoms with Gasteiger partial charge in [-0.2, -0.15) is 13.2 Å². The van der Waals surface area contributed by atoms with Gasteiger partial charge in [-0.3, -0.25) is 4.79 Å². The number of rotatable bonds is 4. The van der Waals surface area contributed by atoms with Crippen LogP contribution >= 0.6 is 0 Å². The minimum atomic E-state index is -4.38. The number of likely N-dealkylation sites (N-methyl/N-ethyl adjacent to an activating group) is 1. The molecule has 0 aliphatic carbocycles. The van der Waals surface area contributed by atoms with Crippen LogP contribution in [0.15, 0.2) is 0 Å². The third-order valence-corrected chi connectivity index (χ3v) is 2.33. The molecule has 0 rings (SSSR count). The van der Waals surface area contributed by atoms with Gasteiger partial charge < -0.3 is 10.6 Å². The summed E-state index contributed by atoms with van der Waals surface area (Å²) in [5.74, 6) is -0.783. The number of halogens is 3. The van der Waals surface area contributed by atoms with Gasteiger partial charge in [-0.05, 0) is 5.92 Å². The number of nitrogens with zero attached hydrogens (tertiary/aromatic N) is 1. The Morgan fingerprint density at radius 1 is 1.47 bits per heavy atom. The first-order valence-electron chi connectivity index (χ1n) is 4.76.